The molecule has 0 bridgehead atoms. The van der Waals surface area contributed by atoms with Crippen LogP contribution in [0.2, 0.25) is 0 Å². The molecule has 1 aromatic heterocycles. The number of nitrogens with zero attached hydrogens (tertiary/aromatic N) is 2. The van der Waals surface area contributed by atoms with Crippen LogP contribution in [0.5, 0.6) is 5.75 Å². The predicted molar refractivity (Wildman–Crippen MR) is 44.8 cm³/mol. The average molecular weight is 162 g/mol. The van der Waals surface area contributed by atoms with Crippen LogP contribution in [0.25, 0.3) is 0 Å². The van der Waals surface area contributed by atoms with Gasteiger partial charge in [-0.2, -0.15) is 5.26 Å². The molecule has 62 valence electrons. The second-order valence-corrected chi connectivity index (χ2v) is 2.47. The molecule has 3 nitrogen and oxygen atoms in total. The van der Waals surface area contributed by atoms with Gasteiger partial charge >= 0.3 is 0 Å². The summed E-state index contributed by atoms with van der Waals surface area (Å²) in [6.07, 6.45) is 1.64. The summed E-state index contributed by atoms with van der Waals surface area (Å²) >= 11 is 0. The summed E-state index contributed by atoms with van der Waals surface area (Å²) in [5.41, 5.74) is 0.747. The molecule has 0 amide bonds. The summed E-state index contributed by atoms with van der Waals surface area (Å²) in [7, 11) is 1.59. The standard InChI is InChI=1S/C9H10N2O/c1-7(6-10)9-5-8(12-2)3-4-11-9/h3-5,7H,1-2H3. The highest BCUT2D eigenvalue weighted by Gasteiger charge is 2.05. The highest BCUT2D eigenvalue weighted by atomic mass is 16.5. The van der Waals surface area contributed by atoms with Gasteiger partial charge in [-0.3, -0.25) is 4.98 Å². The topological polar surface area (TPSA) is 45.9 Å². The zero-order valence-corrected chi connectivity index (χ0v) is 7.11. The third kappa shape index (κ3) is 1.73. The summed E-state index contributed by atoms with van der Waals surface area (Å²) in [5, 5.41) is 8.62. The Kier molecular flexibility index (Phi) is 2.65. The highest BCUT2D eigenvalue weighted by Crippen LogP contribution is 2.16. The Morgan fingerprint density at radius 2 is 2.42 bits per heavy atom. The molecule has 0 aliphatic carbocycles. The van der Waals surface area contributed by atoms with Crippen LogP contribution in [0.3, 0.4) is 0 Å². The van der Waals surface area contributed by atoms with Crippen molar-refractivity contribution in [3.8, 4) is 11.8 Å². The summed E-state index contributed by atoms with van der Waals surface area (Å²) < 4.78 is 5.00. The van der Waals surface area contributed by atoms with Crippen LogP contribution in [0.4, 0.5) is 0 Å². The molecule has 1 heterocycles. The van der Waals surface area contributed by atoms with Gasteiger partial charge in [0.2, 0.25) is 0 Å². The minimum absolute atomic E-state index is 0.180. The smallest absolute Gasteiger partial charge is 0.122 e. The first-order valence-corrected chi connectivity index (χ1v) is 3.67. The fourth-order valence-electron chi connectivity index (χ4n) is 0.858. The Bertz CT molecular complexity index is 304. The molecule has 0 saturated carbocycles. The normalized spacial score (nSPS) is 11.8. The van der Waals surface area contributed by atoms with Crippen molar-refractivity contribution in [1.82, 2.24) is 4.98 Å². The van der Waals surface area contributed by atoms with Gasteiger partial charge in [0.25, 0.3) is 0 Å². The predicted octanol–water partition coefficient (Wildman–Crippen LogP) is 1.72. The molecule has 0 aromatic carbocycles. The quantitative estimate of drug-likeness (QED) is 0.665. The van der Waals surface area contributed by atoms with Crippen molar-refractivity contribution in [1.29, 1.82) is 5.26 Å². The van der Waals surface area contributed by atoms with Crippen LogP contribution in [0, 0.1) is 11.3 Å². The first kappa shape index (κ1) is 8.54. The molecule has 1 rings (SSSR count). The van der Waals surface area contributed by atoms with Crippen LogP contribution >= 0.6 is 0 Å². The van der Waals surface area contributed by atoms with E-state index in [1.807, 2.05) is 6.92 Å². The molecule has 1 unspecified atom stereocenters. The van der Waals surface area contributed by atoms with Crippen molar-refractivity contribution in [3.63, 3.8) is 0 Å². The maximum Gasteiger partial charge on any atom is 0.122 e. The average Bonchev–Trinajstić information content (AvgIpc) is 2.17. The second kappa shape index (κ2) is 3.72. The molecular formula is C9H10N2O. The van der Waals surface area contributed by atoms with E-state index >= 15 is 0 Å². The van der Waals surface area contributed by atoms with Crippen molar-refractivity contribution in [2.75, 3.05) is 7.11 Å². The number of rotatable bonds is 2. The lowest BCUT2D eigenvalue weighted by atomic mass is 10.1. The van der Waals surface area contributed by atoms with E-state index in [1.165, 1.54) is 0 Å². The Morgan fingerprint density at radius 3 is 3.00 bits per heavy atom. The molecular weight excluding hydrogens is 152 g/mol. The SMILES string of the molecule is COc1ccnc(C(C)C#N)c1. The number of hydrogen-bond acceptors (Lipinski definition) is 3. The number of pyridine rings is 1. The van der Waals surface area contributed by atoms with E-state index < -0.39 is 0 Å². The minimum atomic E-state index is -0.180. The van der Waals surface area contributed by atoms with Crippen LogP contribution in [0.15, 0.2) is 18.3 Å². The van der Waals surface area contributed by atoms with Gasteiger partial charge in [0.05, 0.1) is 24.8 Å². The monoisotopic (exact) mass is 162 g/mol. The molecule has 0 N–H and O–H groups in total. The van der Waals surface area contributed by atoms with Gasteiger partial charge in [0.1, 0.15) is 5.75 Å². The zero-order valence-electron chi connectivity index (χ0n) is 7.11. The van der Waals surface area contributed by atoms with Crippen molar-refractivity contribution >= 4 is 0 Å². The van der Waals surface area contributed by atoms with Crippen molar-refractivity contribution in [2.24, 2.45) is 0 Å². The first-order chi connectivity index (χ1) is 5.77. The Morgan fingerprint density at radius 1 is 1.67 bits per heavy atom. The van der Waals surface area contributed by atoms with E-state index in [-0.39, 0.29) is 5.92 Å². The Balaban J connectivity index is 2.95. The molecule has 0 saturated heterocycles. The Labute approximate surface area is 71.6 Å². The van der Waals surface area contributed by atoms with E-state index in [0.717, 1.165) is 11.4 Å². The van der Waals surface area contributed by atoms with Gasteiger partial charge in [0.15, 0.2) is 0 Å². The summed E-state index contributed by atoms with van der Waals surface area (Å²) in [6, 6.07) is 5.64. The van der Waals surface area contributed by atoms with Gasteiger partial charge < -0.3 is 4.74 Å². The van der Waals surface area contributed by atoms with E-state index in [1.54, 1.807) is 25.4 Å². The van der Waals surface area contributed by atoms with Crippen LogP contribution < -0.4 is 4.74 Å². The minimum Gasteiger partial charge on any atom is -0.497 e. The first-order valence-electron chi connectivity index (χ1n) is 3.67. The largest absolute Gasteiger partial charge is 0.497 e. The van der Waals surface area contributed by atoms with Crippen LogP contribution in [-0.4, -0.2) is 12.1 Å². The van der Waals surface area contributed by atoms with Gasteiger partial charge in [-0.05, 0) is 13.0 Å². The van der Waals surface area contributed by atoms with Crippen LogP contribution in [0.1, 0.15) is 18.5 Å². The summed E-state index contributed by atoms with van der Waals surface area (Å²) in [5.74, 6) is 0.558. The fourth-order valence-corrected chi connectivity index (χ4v) is 0.858. The molecule has 0 aliphatic heterocycles. The van der Waals surface area contributed by atoms with E-state index in [4.69, 9.17) is 10.00 Å². The number of methoxy groups -OCH3 is 1. The fraction of sp³-hybridized carbons (Fsp3) is 0.333. The Hall–Kier alpha value is -1.56. The van der Waals surface area contributed by atoms with Crippen LogP contribution in [-0.2, 0) is 0 Å². The number of hydrogen-bond donors (Lipinski definition) is 0. The van der Waals surface area contributed by atoms with E-state index in [9.17, 15) is 0 Å². The number of nitriles is 1. The van der Waals surface area contributed by atoms with E-state index in [2.05, 4.69) is 11.1 Å². The molecule has 0 fully saturated rings. The lowest BCUT2D eigenvalue weighted by Gasteiger charge is -2.03. The lowest BCUT2D eigenvalue weighted by Crippen LogP contribution is -1.94. The van der Waals surface area contributed by atoms with Gasteiger partial charge in [-0.25, -0.2) is 0 Å². The third-order valence-electron chi connectivity index (χ3n) is 1.63. The summed E-state index contributed by atoms with van der Waals surface area (Å²) in [4.78, 5) is 4.06. The lowest BCUT2D eigenvalue weighted by molar-refractivity contribution is 0.413. The van der Waals surface area contributed by atoms with Gasteiger partial charge in [0, 0.05) is 12.3 Å². The molecule has 12 heavy (non-hydrogen) atoms. The van der Waals surface area contributed by atoms with Gasteiger partial charge in [-0.1, -0.05) is 0 Å². The van der Waals surface area contributed by atoms with Crippen molar-refractivity contribution < 1.29 is 4.74 Å². The second-order valence-electron chi connectivity index (χ2n) is 2.47. The number of ether oxygens (including phenoxy) is 1. The molecule has 0 aliphatic rings. The van der Waals surface area contributed by atoms with Gasteiger partial charge in [-0.15, -0.1) is 0 Å². The molecule has 0 radical (unpaired) electrons. The third-order valence-corrected chi connectivity index (χ3v) is 1.63. The maximum absolute atomic E-state index is 8.62. The number of aromatic nitrogens is 1. The zero-order chi connectivity index (χ0) is 8.97. The highest BCUT2D eigenvalue weighted by molar-refractivity contribution is 5.26. The van der Waals surface area contributed by atoms with Crippen molar-refractivity contribution in [3.05, 3.63) is 24.0 Å². The van der Waals surface area contributed by atoms with Crippen molar-refractivity contribution in [2.45, 2.75) is 12.8 Å². The molecule has 0 spiro atoms. The molecule has 3 heteroatoms. The maximum atomic E-state index is 8.62. The summed E-state index contributed by atoms with van der Waals surface area (Å²) in [6.45, 7) is 1.81. The molecule has 1 atom stereocenters. The molecule has 1 aromatic rings. The van der Waals surface area contributed by atoms with E-state index in [0.29, 0.717) is 0 Å².